The third kappa shape index (κ3) is 5.50. The molecule has 0 saturated carbocycles. The van der Waals surface area contributed by atoms with Crippen molar-refractivity contribution >= 4 is 15.7 Å². The van der Waals surface area contributed by atoms with Crippen molar-refractivity contribution in [2.75, 3.05) is 37.7 Å². The van der Waals surface area contributed by atoms with Gasteiger partial charge in [0.1, 0.15) is 5.75 Å². The normalized spacial score (nSPS) is 17.8. The van der Waals surface area contributed by atoms with Crippen LogP contribution in [0, 0.1) is 0 Å². The van der Waals surface area contributed by atoms with Gasteiger partial charge in [-0.05, 0) is 19.4 Å². The average Bonchev–Trinajstić information content (AvgIpc) is 2.54. The van der Waals surface area contributed by atoms with Crippen molar-refractivity contribution in [3.8, 4) is 0 Å². The molecule has 0 aliphatic carbocycles. The lowest BCUT2D eigenvalue weighted by molar-refractivity contribution is -0.128. The van der Waals surface area contributed by atoms with Crippen LogP contribution in [0.15, 0.2) is 0 Å². The second-order valence-corrected chi connectivity index (χ2v) is 6.61. The summed E-state index contributed by atoms with van der Waals surface area (Å²) in [7, 11) is -3.22. The minimum absolute atomic E-state index is 0.126. The molecule has 1 fully saturated rings. The summed E-state index contributed by atoms with van der Waals surface area (Å²) in [5.41, 5.74) is 0. The van der Waals surface area contributed by atoms with Crippen LogP contribution in [-0.4, -0.2) is 56.9 Å². The Labute approximate surface area is 103 Å². The SMILES string of the molecule is CCCCS(=O)(=O)CC(=O)N1CCCNCC1. The van der Waals surface area contributed by atoms with Gasteiger partial charge in [-0.3, -0.25) is 4.79 Å². The number of sulfone groups is 1. The number of carbonyl (C=O) groups is 1. The minimum Gasteiger partial charge on any atom is -0.340 e. The van der Waals surface area contributed by atoms with Crippen LogP contribution in [-0.2, 0) is 14.6 Å². The smallest absolute Gasteiger partial charge is 0.237 e. The number of hydrogen-bond donors (Lipinski definition) is 1. The minimum atomic E-state index is -3.22. The fourth-order valence-corrected chi connectivity index (χ4v) is 3.24. The lowest BCUT2D eigenvalue weighted by Crippen LogP contribution is -2.38. The molecule has 1 aliphatic rings. The molecule has 1 heterocycles. The molecule has 1 N–H and O–H groups in total. The summed E-state index contributed by atoms with van der Waals surface area (Å²) < 4.78 is 23.3. The first-order valence-electron chi connectivity index (χ1n) is 6.24. The van der Waals surface area contributed by atoms with E-state index in [1.807, 2.05) is 6.92 Å². The van der Waals surface area contributed by atoms with Crippen LogP contribution in [0.4, 0.5) is 0 Å². The molecule has 1 aliphatic heterocycles. The highest BCUT2D eigenvalue weighted by Crippen LogP contribution is 2.02. The summed E-state index contributed by atoms with van der Waals surface area (Å²) in [6.07, 6.45) is 2.36. The fraction of sp³-hybridized carbons (Fsp3) is 0.909. The zero-order chi connectivity index (χ0) is 12.7. The Balaban J connectivity index is 2.46. The van der Waals surface area contributed by atoms with Crippen LogP contribution in [0.25, 0.3) is 0 Å². The Morgan fingerprint density at radius 3 is 2.76 bits per heavy atom. The van der Waals surface area contributed by atoms with E-state index in [0.29, 0.717) is 19.5 Å². The van der Waals surface area contributed by atoms with E-state index in [0.717, 1.165) is 25.9 Å². The molecule has 1 saturated heterocycles. The highest BCUT2D eigenvalue weighted by atomic mass is 32.2. The Kier molecular flexibility index (Phi) is 5.91. The second-order valence-electron chi connectivity index (χ2n) is 4.43. The standard InChI is InChI=1S/C11H22N2O3S/c1-2-3-9-17(15,16)10-11(14)13-7-4-5-12-6-8-13/h12H,2-10H2,1H3. The average molecular weight is 262 g/mol. The number of hydrogen-bond acceptors (Lipinski definition) is 4. The molecule has 6 heteroatoms. The number of nitrogens with zero attached hydrogens (tertiary/aromatic N) is 1. The molecular weight excluding hydrogens is 240 g/mol. The van der Waals surface area contributed by atoms with Crippen molar-refractivity contribution < 1.29 is 13.2 Å². The highest BCUT2D eigenvalue weighted by Gasteiger charge is 2.21. The molecular formula is C11H22N2O3S. The Morgan fingerprint density at radius 2 is 2.06 bits per heavy atom. The van der Waals surface area contributed by atoms with E-state index in [-0.39, 0.29) is 17.4 Å². The zero-order valence-electron chi connectivity index (χ0n) is 10.4. The van der Waals surface area contributed by atoms with Crippen molar-refractivity contribution in [1.82, 2.24) is 10.2 Å². The molecule has 5 nitrogen and oxygen atoms in total. The van der Waals surface area contributed by atoms with Crippen LogP contribution >= 0.6 is 0 Å². The van der Waals surface area contributed by atoms with E-state index in [9.17, 15) is 13.2 Å². The van der Waals surface area contributed by atoms with Gasteiger partial charge in [0, 0.05) is 19.6 Å². The first-order chi connectivity index (χ1) is 8.05. The van der Waals surface area contributed by atoms with Gasteiger partial charge < -0.3 is 10.2 Å². The van der Waals surface area contributed by atoms with Crippen LogP contribution < -0.4 is 5.32 Å². The van der Waals surface area contributed by atoms with E-state index >= 15 is 0 Å². The van der Waals surface area contributed by atoms with Crippen molar-refractivity contribution in [1.29, 1.82) is 0 Å². The Morgan fingerprint density at radius 1 is 1.29 bits per heavy atom. The molecule has 100 valence electrons. The van der Waals surface area contributed by atoms with Crippen LogP contribution in [0.3, 0.4) is 0 Å². The predicted octanol–water partition coefficient (Wildman–Crippen LogP) is 0.0232. The maximum absolute atomic E-state index is 11.8. The van der Waals surface area contributed by atoms with Gasteiger partial charge in [-0.2, -0.15) is 0 Å². The Bertz CT molecular complexity index is 333. The molecule has 1 amide bonds. The van der Waals surface area contributed by atoms with Crippen LogP contribution in [0.1, 0.15) is 26.2 Å². The molecule has 1 rings (SSSR count). The topological polar surface area (TPSA) is 66.5 Å². The zero-order valence-corrected chi connectivity index (χ0v) is 11.3. The van der Waals surface area contributed by atoms with Crippen molar-refractivity contribution in [3.05, 3.63) is 0 Å². The molecule has 0 aromatic rings. The van der Waals surface area contributed by atoms with Crippen LogP contribution in [0.2, 0.25) is 0 Å². The van der Waals surface area contributed by atoms with Gasteiger partial charge in [0.05, 0.1) is 5.75 Å². The summed E-state index contributed by atoms with van der Waals surface area (Å²) >= 11 is 0. The van der Waals surface area contributed by atoms with E-state index in [1.165, 1.54) is 0 Å². The third-order valence-electron chi connectivity index (χ3n) is 2.85. The number of carbonyl (C=O) groups excluding carboxylic acids is 1. The molecule has 17 heavy (non-hydrogen) atoms. The summed E-state index contributed by atoms with van der Waals surface area (Å²) in [5, 5.41) is 3.19. The van der Waals surface area contributed by atoms with Crippen molar-refractivity contribution in [2.24, 2.45) is 0 Å². The maximum Gasteiger partial charge on any atom is 0.237 e. The lowest BCUT2D eigenvalue weighted by atomic mass is 10.4. The summed E-state index contributed by atoms with van der Waals surface area (Å²) in [6.45, 7) is 4.86. The lowest BCUT2D eigenvalue weighted by Gasteiger charge is -2.19. The number of nitrogens with one attached hydrogen (secondary N) is 1. The first kappa shape index (κ1) is 14.4. The monoisotopic (exact) mass is 262 g/mol. The van der Waals surface area contributed by atoms with E-state index in [1.54, 1.807) is 4.90 Å². The molecule has 0 bridgehead atoms. The summed E-state index contributed by atoms with van der Waals surface area (Å²) in [6, 6.07) is 0. The molecule has 0 unspecified atom stereocenters. The van der Waals surface area contributed by atoms with Gasteiger partial charge in [0.2, 0.25) is 5.91 Å². The largest absolute Gasteiger partial charge is 0.340 e. The van der Waals surface area contributed by atoms with Gasteiger partial charge >= 0.3 is 0 Å². The first-order valence-corrected chi connectivity index (χ1v) is 8.06. The van der Waals surface area contributed by atoms with Crippen LogP contribution in [0.5, 0.6) is 0 Å². The van der Waals surface area contributed by atoms with Gasteiger partial charge in [-0.15, -0.1) is 0 Å². The fourth-order valence-electron chi connectivity index (χ4n) is 1.81. The van der Waals surface area contributed by atoms with E-state index in [4.69, 9.17) is 0 Å². The number of rotatable bonds is 5. The Hall–Kier alpha value is -0.620. The van der Waals surface area contributed by atoms with Crippen molar-refractivity contribution in [3.63, 3.8) is 0 Å². The number of amides is 1. The second kappa shape index (κ2) is 6.96. The third-order valence-corrected chi connectivity index (χ3v) is 4.44. The number of unbranched alkanes of at least 4 members (excludes halogenated alkanes) is 1. The predicted molar refractivity (Wildman–Crippen MR) is 67.6 cm³/mol. The van der Waals surface area contributed by atoms with Gasteiger partial charge in [-0.25, -0.2) is 8.42 Å². The molecule has 0 spiro atoms. The molecule has 0 atom stereocenters. The van der Waals surface area contributed by atoms with Gasteiger partial charge in [-0.1, -0.05) is 13.3 Å². The van der Waals surface area contributed by atoms with Crippen molar-refractivity contribution in [2.45, 2.75) is 26.2 Å². The van der Waals surface area contributed by atoms with E-state index < -0.39 is 9.84 Å². The summed E-state index contributed by atoms with van der Waals surface area (Å²) in [5.74, 6) is -0.446. The van der Waals surface area contributed by atoms with E-state index in [2.05, 4.69) is 5.32 Å². The van der Waals surface area contributed by atoms with Gasteiger partial charge in [0.15, 0.2) is 9.84 Å². The van der Waals surface area contributed by atoms with Gasteiger partial charge in [0.25, 0.3) is 0 Å². The maximum atomic E-state index is 11.8. The molecule has 0 aromatic heterocycles. The summed E-state index contributed by atoms with van der Waals surface area (Å²) in [4.78, 5) is 13.5. The quantitative estimate of drug-likeness (QED) is 0.759. The molecule has 0 aromatic carbocycles. The highest BCUT2D eigenvalue weighted by molar-refractivity contribution is 7.92. The molecule has 0 radical (unpaired) electrons.